The van der Waals surface area contributed by atoms with Gasteiger partial charge in [0, 0.05) is 0 Å². The lowest BCUT2D eigenvalue weighted by Gasteiger charge is -2.22. The molecule has 0 aromatic carbocycles. The highest BCUT2D eigenvalue weighted by molar-refractivity contribution is 8.13. The molecule has 0 fully saturated rings. The maximum absolute atomic E-state index is 11.4. The van der Waals surface area contributed by atoms with Crippen LogP contribution in [0, 0.1) is 0 Å². The average Bonchev–Trinajstić information content (AvgIpc) is 2.93. The number of hydrogen-bond acceptors (Lipinski definition) is 4. The molecule has 1 heterocycles. The largest absolute Gasteiger partial charge is 0.480 e. The molecule has 0 radical (unpaired) electrons. The molecule has 0 N–H and O–H groups in total. The van der Waals surface area contributed by atoms with Gasteiger partial charge in [-0.15, -0.1) is 0 Å². The number of sulfonamides is 2. The summed E-state index contributed by atoms with van der Waals surface area (Å²) in [7, 11) is -11.4. The Morgan fingerprint density at radius 1 is 0.862 bits per heavy atom. The highest BCUT2D eigenvalue weighted by Crippen LogP contribution is 2.36. The minimum Gasteiger partial charge on any atom is -0.421 e. The fourth-order valence-corrected chi connectivity index (χ4v) is 3.63. The molecule has 0 unspecified atom stereocenters. The molecule has 1 rings (SSSR count). The summed E-state index contributed by atoms with van der Waals surface area (Å²) in [6.07, 6.45) is 14.6. The Balaban J connectivity index is 0.000000541. The number of nitrogens with zero attached hydrogens (tertiary/aromatic N) is 3. The molecule has 0 atom stereocenters. The zero-order valence-corrected chi connectivity index (χ0v) is 17.4. The maximum atomic E-state index is 11.4. The minimum absolute atomic E-state index is 0.778. The van der Waals surface area contributed by atoms with Gasteiger partial charge in [-0.25, -0.2) is 26.0 Å². The number of alkyl halides is 6. The van der Waals surface area contributed by atoms with Crippen LogP contribution >= 0.6 is 0 Å². The van der Waals surface area contributed by atoms with Gasteiger partial charge in [0.05, 0.1) is 13.6 Å². The van der Waals surface area contributed by atoms with Gasteiger partial charge in [-0.1, -0.05) is 32.6 Å². The van der Waals surface area contributed by atoms with Crippen molar-refractivity contribution in [2.24, 2.45) is 7.05 Å². The Labute approximate surface area is 165 Å². The number of unbranched alkanes of at least 4 members (excludes halogenated alkanes) is 5. The Hall–Kier alpha value is -1.35. The van der Waals surface area contributed by atoms with Crippen molar-refractivity contribution in [2.45, 2.75) is 63.0 Å². The minimum atomic E-state index is -6.72. The Morgan fingerprint density at radius 2 is 1.31 bits per heavy atom. The van der Waals surface area contributed by atoms with Crippen LogP contribution in [0.15, 0.2) is 18.7 Å². The molecule has 0 saturated carbocycles. The quantitative estimate of drug-likeness (QED) is 0.309. The second kappa shape index (κ2) is 11.2. The summed E-state index contributed by atoms with van der Waals surface area (Å²) in [5, 5.41) is 0. The first kappa shape index (κ1) is 27.6. The topological polar surface area (TPSA) is 91.2 Å². The molecule has 29 heavy (non-hydrogen) atoms. The molecule has 0 saturated heterocycles. The van der Waals surface area contributed by atoms with Crippen molar-refractivity contribution < 1.29 is 47.7 Å². The van der Waals surface area contributed by atoms with Crippen molar-refractivity contribution in [2.75, 3.05) is 0 Å². The van der Waals surface area contributed by atoms with Crippen LogP contribution in [0.5, 0.6) is 0 Å². The molecule has 0 aliphatic carbocycles. The van der Waals surface area contributed by atoms with Gasteiger partial charge in [0.2, 0.25) is 6.33 Å². The molecule has 1 aromatic heterocycles. The van der Waals surface area contributed by atoms with Gasteiger partial charge < -0.3 is 4.13 Å². The van der Waals surface area contributed by atoms with Gasteiger partial charge in [0.15, 0.2) is 20.0 Å². The molecule has 172 valence electrons. The average molecular weight is 475 g/mol. The summed E-state index contributed by atoms with van der Waals surface area (Å²) < 4.78 is 114. The molecule has 0 amide bonds. The van der Waals surface area contributed by atoms with Gasteiger partial charge >= 0.3 is 11.0 Å². The van der Waals surface area contributed by atoms with Crippen molar-refractivity contribution in [1.29, 1.82) is 0 Å². The molecule has 0 aliphatic heterocycles. The fraction of sp³-hybridized carbons (Fsp3) is 0.786. The van der Waals surface area contributed by atoms with Crippen LogP contribution < -0.4 is 4.57 Å². The first-order chi connectivity index (χ1) is 13.0. The predicted octanol–water partition coefficient (Wildman–Crippen LogP) is 3.73. The van der Waals surface area contributed by atoms with Crippen LogP contribution in [0.3, 0.4) is 0 Å². The summed E-state index contributed by atoms with van der Waals surface area (Å²) in [6.45, 7) is 3.44. The molecular formula is C14H23F6N3O4S2. The van der Waals surface area contributed by atoms with Gasteiger partial charge in [0.1, 0.15) is 12.4 Å². The van der Waals surface area contributed by atoms with Crippen LogP contribution in [0.4, 0.5) is 26.3 Å². The molecule has 0 aliphatic rings. The van der Waals surface area contributed by atoms with Gasteiger partial charge in [-0.3, -0.25) is 0 Å². The molecular weight excluding hydrogens is 452 g/mol. The van der Waals surface area contributed by atoms with Crippen LogP contribution in [0.1, 0.15) is 45.4 Å². The van der Waals surface area contributed by atoms with Crippen molar-refractivity contribution in [3.63, 3.8) is 0 Å². The smallest absolute Gasteiger partial charge is 0.421 e. The van der Waals surface area contributed by atoms with Crippen molar-refractivity contribution in [3.8, 4) is 0 Å². The maximum Gasteiger partial charge on any atom is 0.480 e. The van der Waals surface area contributed by atoms with Crippen LogP contribution in [0.25, 0.3) is 4.13 Å². The van der Waals surface area contributed by atoms with Crippen molar-refractivity contribution in [3.05, 3.63) is 22.8 Å². The van der Waals surface area contributed by atoms with Crippen molar-refractivity contribution in [1.82, 2.24) is 4.57 Å². The van der Waals surface area contributed by atoms with Crippen LogP contribution in [-0.2, 0) is 33.6 Å². The standard InChI is InChI=1S/C12H23N2.C2F6NO4S2/c1-3-4-5-6-7-8-9-14-11-10-13(2)12-14;3-1(4,5)14(10,11)9-15(12,13)2(6,7)8/h10-12H,3-9H2,1-2H3;/q+1;-1. The Kier molecular flexibility index (Phi) is 10.6. The van der Waals surface area contributed by atoms with Gasteiger partial charge in [0.25, 0.3) is 0 Å². The third-order valence-corrected chi connectivity index (χ3v) is 6.11. The first-order valence-electron chi connectivity index (χ1n) is 8.41. The van der Waals surface area contributed by atoms with E-state index in [0.29, 0.717) is 0 Å². The number of hydrogen-bond donors (Lipinski definition) is 0. The summed E-state index contributed by atoms with van der Waals surface area (Å²) in [5.41, 5.74) is -12.4. The normalized spacial score (nSPS) is 13.1. The third kappa shape index (κ3) is 10.3. The monoisotopic (exact) mass is 475 g/mol. The summed E-state index contributed by atoms with van der Waals surface area (Å²) >= 11 is 0. The fourth-order valence-electron chi connectivity index (χ4n) is 1.92. The van der Waals surface area contributed by atoms with E-state index >= 15 is 0 Å². The molecule has 0 bridgehead atoms. The summed E-state index contributed by atoms with van der Waals surface area (Å²) in [6, 6.07) is 0. The lowest BCUT2D eigenvalue weighted by Crippen LogP contribution is -2.30. The number of aryl methyl sites for hydroxylation is 2. The second-order valence-corrected chi connectivity index (χ2v) is 9.42. The zero-order chi connectivity index (χ0) is 22.9. The molecule has 15 heteroatoms. The van der Waals surface area contributed by atoms with E-state index in [-0.39, 0.29) is 0 Å². The van der Waals surface area contributed by atoms with E-state index in [4.69, 9.17) is 0 Å². The predicted molar refractivity (Wildman–Crippen MR) is 92.3 cm³/mol. The number of aromatic nitrogens is 2. The SMILES string of the molecule is CCCCCCCCn1cc[n+](C)c1.O=S(=O)([N-]S(=O)(=O)C(F)(F)F)C(F)(F)F. The first-order valence-corrected chi connectivity index (χ1v) is 11.3. The van der Waals surface area contributed by atoms with Crippen molar-refractivity contribution >= 4 is 20.0 Å². The molecule has 7 nitrogen and oxygen atoms in total. The molecule has 0 spiro atoms. The van der Waals surface area contributed by atoms with E-state index in [9.17, 15) is 43.2 Å². The van der Waals surface area contributed by atoms with E-state index in [2.05, 4.69) is 41.8 Å². The van der Waals surface area contributed by atoms with Gasteiger partial charge in [-0.2, -0.15) is 26.3 Å². The van der Waals surface area contributed by atoms with Crippen LogP contribution in [-0.4, -0.2) is 32.4 Å². The summed E-state index contributed by atoms with van der Waals surface area (Å²) in [4.78, 5) is 0. The van der Waals surface area contributed by atoms with Crippen LogP contribution in [0.2, 0.25) is 0 Å². The lowest BCUT2D eigenvalue weighted by molar-refractivity contribution is -0.671. The van der Waals surface area contributed by atoms with E-state index in [1.165, 1.54) is 45.1 Å². The van der Waals surface area contributed by atoms with Gasteiger partial charge in [-0.05, 0) is 12.8 Å². The van der Waals surface area contributed by atoms with E-state index in [0.717, 1.165) is 4.13 Å². The second-order valence-electron chi connectivity index (χ2n) is 6.00. The Bertz CT molecular complexity index is 775. The lowest BCUT2D eigenvalue weighted by atomic mass is 10.1. The Morgan fingerprint density at radius 3 is 1.69 bits per heavy atom. The summed E-state index contributed by atoms with van der Waals surface area (Å²) in [5.74, 6) is 0. The highest BCUT2D eigenvalue weighted by Gasteiger charge is 2.46. The van der Waals surface area contributed by atoms with E-state index < -0.39 is 31.1 Å². The van der Waals surface area contributed by atoms with E-state index in [1.54, 1.807) is 0 Å². The number of imidazole rings is 1. The number of rotatable bonds is 9. The molecule has 1 aromatic rings. The number of halogens is 6. The van der Waals surface area contributed by atoms with E-state index in [1.807, 2.05) is 0 Å². The zero-order valence-electron chi connectivity index (χ0n) is 15.7. The third-order valence-electron chi connectivity index (χ3n) is 3.37. The highest BCUT2D eigenvalue weighted by atomic mass is 32.3.